The molecule has 0 bridgehead atoms. The number of fused-ring (bicyclic) bond motifs is 1. The third kappa shape index (κ3) is 9.14. The fourth-order valence-electron chi connectivity index (χ4n) is 5.06. The lowest BCUT2D eigenvalue weighted by Crippen LogP contribution is -2.48. The second-order valence-electron chi connectivity index (χ2n) is 12.8. The number of nitrogens with one attached hydrogen (secondary N) is 1. The molecule has 0 radical (unpaired) electrons. The lowest BCUT2D eigenvalue weighted by Gasteiger charge is -2.25. The van der Waals surface area contributed by atoms with Crippen molar-refractivity contribution < 1.29 is 46.2 Å². The van der Waals surface area contributed by atoms with Crippen molar-refractivity contribution in [1.82, 2.24) is 19.0 Å². The van der Waals surface area contributed by atoms with Gasteiger partial charge in [0.15, 0.2) is 11.5 Å². The fourth-order valence-corrected chi connectivity index (χ4v) is 6.19. The van der Waals surface area contributed by atoms with E-state index in [-0.39, 0.29) is 43.5 Å². The molecule has 0 aliphatic heterocycles. The number of amides is 2. The summed E-state index contributed by atoms with van der Waals surface area (Å²) < 4.78 is 62.6. The minimum absolute atomic E-state index is 0.00508. The molecule has 0 aliphatic carbocycles. The molecule has 1 N–H and O–H groups in total. The Morgan fingerprint density at radius 1 is 1.12 bits per heavy atom. The number of ether oxygens (including phenoxy) is 3. The van der Waals surface area contributed by atoms with Crippen molar-refractivity contribution in [3.05, 3.63) is 65.6 Å². The molecule has 1 aromatic carbocycles. The Morgan fingerprint density at radius 3 is 2.38 bits per heavy atom. The Labute approximate surface area is 303 Å². The normalized spacial score (nSPS) is 13.6. The molecule has 2 amide bonds. The quantitative estimate of drug-likeness (QED) is 0.210. The van der Waals surface area contributed by atoms with Crippen LogP contribution < -0.4 is 26.1 Å². The highest BCUT2D eigenvalue weighted by Crippen LogP contribution is 2.34. The van der Waals surface area contributed by atoms with E-state index < -0.39 is 72.0 Å². The van der Waals surface area contributed by atoms with Crippen LogP contribution in [0.3, 0.4) is 0 Å². The fraction of sp³-hybridized carbons (Fsp3) is 0.455. The number of alkyl halides is 3. The first-order valence-corrected chi connectivity index (χ1v) is 17.0. The molecule has 0 spiro atoms. The van der Waals surface area contributed by atoms with Gasteiger partial charge in [0.05, 0.1) is 17.1 Å². The number of hydrogen-bond acceptors (Lipinski definition) is 10. The average Bonchev–Trinajstić information content (AvgIpc) is 3.59. The SMILES string of the molecule is CCC(C)[C@H](NC(=O)OC(C)(C)C)C(=O)OCn1c(-c2ccc(OC(F)(F)F)c(Cl)c2)csc1=NC(=O)Cc1c(C)oc2c1c(=O)n(C)c(=O)n2C. The molecular formula is C33H37ClF3N5O9S. The predicted molar refractivity (Wildman–Crippen MR) is 184 cm³/mol. The van der Waals surface area contributed by atoms with Gasteiger partial charge in [-0.3, -0.25) is 23.3 Å². The number of aryl methyl sites for hydroxylation is 2. The van der Waals surface area contributed by atoms with E-state index in [9.17, 15) is 37.1 Å². The number of thiazole rings is 1. The van der Waals surface area contributed by atoms with Crippen molar-refractivity contribution in [1.29, 1.82) is 0 Å². The topological polar surface area (TPSA) is 165 Å². The van der Waals surface area contributed by atoms with E-state index in [1.54, 1.807) is 27.7 Å². The van der Waals surface area contributed by atoms with E-state index in [4.69, 9.17) is 25.5 Å². The number of aromatic nitrogens is 3. The van der Waals surface area contributed by atoms with Crippen molar-refractivity contribution >= 4 is 52.0 Å². The van der Waals surface area contributed by atoms with E-state index in [0.717, 1.165) is 26.5 Å². The lowest BCUT2D eigenvalue weighted by atomic mass is 9.99. The highest BCUT2D eigenvalue weighted by Gasteiger charge is 2.33. The minimum Gasteiger partial charge on any atom is -0.444 e. The Bertz CT molecular complexity index is 2210. The molecule has 0 aliphatic rings. The number of rotatable bonds is 10. The molecule has 14 nitrogen and oxygen atoms in total. The second-order valence-corrected chi connectivity index (χ2v) is 14.1. The van der Waals surface area contributed by atoms with Crippen molar-refractivity contribution in [2.45, 2.75) is 79.1 Å². The van der Waals surface area contributed by atoms with Gasteiger partial charge in [0.1, 0.15) is 28.5 Å². The molecule has 282 valence electrons. The summed E-state index contributed by atoms with van der Waals surface area (Å²) in [5.74, 6) is -2.41. The number of hydrogen-bond donors (Lipinski definition) is 1. The zero-order valence-electron chi connectivity index (χ0n) is 29.5. The van der Waals surface area contributed by atoms with Crippen LogP contribution >= 0.6 is 22.9 Å². The Hall–Kier alpha value is -4.84. The first-order valence-electron chi connectivity index (χ1n) is 15.8. The molecule has 19 heteroatoms. The number of alkyl carbamates (subject to hydrolysis) is 1. The molecule has 0 saturated heterocycles. The van der Waals surface area contributed by atoms with Crippen LogP contribution in [0.15, 0.2) is 42.6 Å². The number of nitrogens with zero attached hydrogens (tertiary/aromatic N) is 4. The van der Waals surface area contributed by atoms with Crippen LogP contribution in [0, 0.1) is 12.8 Å². The highest BCUT2D eigenvalue weighted by molar-refractivity contribution is 7.07. The smallest absolute Gasteiger partial charge is 0.444 e. The van der Waals surface area contributed by atoms with Crippen molar-refractivity contribution in [2.24, 2.45) is 25.0 Å². The van der Waals surface area contributed by atoms with Gasteiger partial charge in [-0.1, -0.05) is 31.9 Å². The lowest BCUT2D eigenvalue weighted by molar-refractivity contribution is -0.274. The van der Waals surface area contributed by atoms with Crippen molar-refractivity contribution in [3.8, 4) is 17.0 Å². The number of carbonyl (C=O) groups is 3. The summed E-state index contributed by atoms with van der Waals surface area (Å²) in [5.41, 5.74) is -1.42. The van der Waals surface area contributed by atoms with Gasteiger partial charge in [0.25, 0.3) is 11.5 Å². The van der Waals surface area contributed by atoms with E-state index in [1.807, 2.05) is 6.92 Å². The predicted octanol–water partition coefficient (Wildman–Crippen LogP) is 5.33. The monoisotopic (exact) mass is 771 g/mol. The number of carbonyl (C=O) groups excluding carboxylic acids is 3. The largest absolute Gasteiger partial charge is 0.573 e. The molecule has 1 unspecified atom stereocenters. The molecule has 0 fully saturated rings. The van der Waals surface area contributed by atoms with Crippen LogP contribution in [-0.4, -0.2) is 49.7 Å². The molecule has 4 aromatic rings. The van der Waals surface area contributed by atoms with E-state index in [0.29, 0.717) is 6.42 Å². The third-order valence-corrected chi connectivity index (χ3v) is 9.02. The molecule has 0 saturated carbocycles. The molecule has 2 atom stereocenters. The number of halogens is 4. The summed E-state index contributed by atoms with van der Waals surface area (Å²) in [6.07, 6.45) is -5.77. The van der Waals surface area contributed by atoms with Gasteiger partial charge in [-0.2, -0.15) is 4.99 Å². The van der Waals surface area contributed by atoms with E-state index >= 15 is 0 Å². The number of benzene rings is 1. The van der Waals surface area contributed by atoms with Gasteiger partial charge in [-0.25, -0.2) is 14.4 Å². The van der Waals surface area contributed by atoms with Crippen LogP contribution in [0.4, 0.5) is 18.0 Å². The summed E-state index contributed by atoms with van der Waals surface area (Å²) in [7, 11) is 2.71. The number of furan rings is 1. The summed E-state index contributed by atoms with van der Waals surface area (Å²) in [4.78, 5) is 69.1. The maximum absolute atomic E-state index is 13.5. The number of esters is 1. The Morgan fingerprint density at radius 2 is 1.79 bits per heavy atom. The van der Waals surface area contributed by atoms with Crippen LogP contribution in [-0.2, 0) is 46.3 Å². The molecular weight excluding hydrogens is 735 g/mol. The maximum atomic E-state index is 13.5. The average molecular weight is 772 g/mol. The van der Waals surface area contributed by atoms with Gasteiger partial charge in [-0.05, 0) is 51.8 Å². The molecule has 4 rings (SSSR count). The van der Waals surface area contributed by atoms with E-state index in [1.165, 1.54) is 43.1 Å². The zero-order chi connectivity index (χ0) is 38.9. The third-order valence-electron chi connectivity index (χ3n) is 7.86. The van der Waals surface area contributed by atoms with Gasteiger partial charge >= 0.3 is 24.1 Å². The van der Waals surface area contributed by atoms with Crippen LogP contribution in [0.1, 0.15) is 52.4 Å². The standard InChI is InChI=1S/C33H37ClF3N5O9S/c1-9-16(2)25(39-30(46)51-32(4,5)6)28(45)48-15-42-21(18-10-11-22(20(34)12-18)50-33(35,36)37)14-52-29(42)38-23(43)13-19-17(3)49-27-24(19)26(44)40(7)31(47)41(27)8/h10-12,14,16,25H,9,13,15H2,1-8H3,(H,39,46)/t16?,25-/m0/s1. The van der Waals surface area contributed by atoms with Gasteiger partial charge < -0.3 is 23.9 Å². The molecule has 52 heavy (non-hydrogen) atoms. The summed E-state index contributed by atoms with van der Waals surface area (Å²) in [6, 6.07) is 2.35. The first-order chi connectivity index (χ1) is 24.1. The first kappa shape index (κ1) is 39.9. The van der Waals surface area contributed by atoms with Crippen LogP contribution in [0.5, 0.6) is 5.75 Å². The maximum Gasteiger partial charge on any atom is 0.573 e. The van der Waals surface area contributed by atoms with Gasteiger partial charge in [0, 0.05) is 30.6 Å². The zero-order valence-corrected chi connectivity index (χ0v) is 31.0. The Kier molecular flexibility index (Phi) is 11.8. The summed E-state index contributed by atoms with van der Waals surface area (Å²) >= 11 is 7.07. The van der Waals surface area contributed by atoms with Crippen LogP contribution in [0.2, 0.25) is 5.02 Å². The van der Waals surface area contributed by atoms with Crippen molar-refractivity contribution in [2.75, 3.05) is 0 Å². The van der Waals surface area contributed by atoms with Crippen LogP contribution in [0.25, 0.3) is 22.4 Å². The Balaban J connectivity index is 1.75. The van der Waals surface area contributed by atoms with E-state index in [2.05, 4.69) is 15.0 Å². The highest BCUT2D eigenvalue weighted by atomic mass is 35.5. The van der Waals surface area contributed by atoms with Gasteiger partial charge in [-0.15, -0.1) is 24.5 Å². The second kappa shape index (κ2) is 15.4. The molecule has 3 aromatic heterocycles. The van der Waals surface area contributed by atoms with Gasteiger partial charge in [0.2, 0.25) is 5.71 Å². The minimum atomic E-state index is -4.99. The summed E-state index contributed by atoms with van der Waals surface area (Å²) in [5, 5.41) is 3.71. The van der Waals surface area contributed by atoms with Crippen molar-refractivity contribution in [3.63, 3.8) is 0 Å². The summed E-state index contributed by atoms with van der Waals surface area (Å²) in [6.45, 7) is 9.51. The molecule has 3 heterocycles.